The molecule has 0 heterocycles. The van der Waals surface area contributed by atoms with Crippen LogP contribution in [0.15, 0.2) is 18.2 Å². The van der Waals surface area contributed by atoms with Gasteiger partial charge in [-0.25, -0.2) is 0 Å². The summed E-state index contributed by atoms with van der Waals surface area (Å²) < 4.78 is 37.6. The Balaban J connectivity index is 3.10. The fourth-order valence-electron chi connectivity index (χ4n) is 1.51. The van der Waals surface area contributed by atoms with Gasteiger partial charge in [0.15, 0.2) is 0 Å². The van der Waals surface area contributed by atoms with Crippen molar-refractivity contribution in [2.24, 2.45) is 0 Å². The second-order valence-electron chi connectivity index (χ2n) is 4.00. The average Bonchev–Trinajstić information content (AvgIpc) is 2.25. The lowest BCUT2D eigenvalue weighted by Gasteiger charge is -2.13. The van der Waals surface area contributed by atoms with E-state index in [0.717, 1.165) is 12.1 Å². The predicted molar refractivity (Wildman–Crippen MR) is 62.0 cm³/mol. The van der Waals surface area contributed by atoms with Crippen LogP contribution in [0.4, 0.5) is 18.9 Å². The van der Waals surface area contributed by atoms with Gasteiger partial charge in [0.25, 0.3) is 0 Å². The molecule has 0 unspecified atom stereocenters. The maximum Gasteiger partial charge on any atom is 0.416 e. The predicted octanol–water partition coefficient (Wildman–Crippen LogP) is 2.33. The summed E-state index contributed by atoms with van der Waals surface area (Å²) in [5, 5.41) is 10.9. The highest BCUT2D eigenvalue weighted by Crippen LogP contribution is 2.32. The molecule has 0 saturated carbocycles. The molecule has 4 nitrogen and oxygen atoms in total. The molecule has 0 aliphatic heterocycles. The molecule has 0 spiro atoms. The van der Waals surface area contributed by atoms with Crippen LogP contribution in [0.3, 0.4) is 0 Å². The summed E-state index contributed by atoms with van der Waals surface area (Å²) in [6.45, 7) is 0.783. The smallest absolute Gasteiger partial charge is 0.416 e. The number of halogens is 3. The Morgan fingerprint density at radius 1 is 1.32 bits per heavy atom. The van der Waals surface area contributed by atoms with Crippen molar-refractivity contribution in [2.45, 2.75) is 19.5 Å². The first kappa shape index (κ1) is 15.0. The number of carbonyl (C=O) groups is 2. The van der Waals surface area contributed by atoms with E-state index in [9.17, 15) is 22.8 Å². The van der Waals surface area contributed by atoms with E-state index in [2.05, 4.69) is 5.32 Å². The molecule has 104 valence electrons. The molecule has 2 N–H and O–H groups in total. The summed E-state index contributed by atoms with van der Waals surface area (Å²) in [7, 11) is 0. The summed E-state index contributed by atoms with van der Waals surface area (Å²) in [6, 6.07) is 2.85. The van der Waals surface area contributed by atoms with Gasteiger partial charge >= 0.3 is 12.1 Å². The van der Waals surface area contributed by atoms with Crippen molar-refractivity contribution >= 4 is 17.4 Å². The molecule has 0 aliphatic carbocycles. The first-order chi connectivity index (χ1) is 8.70. The molecule has 0 atom stereocenters. The molecule has 0 aliphatic rings. The zero-order chi connectivity index (χ0) is 14.6. The first-order valence-corrected chi connectivity index (χ1v) is 5.35. The summed E-state index contributed by atoms with van der Waals surface area (Å²) in [6.07, 6.45) is -4.57. The number of hydrogen-bond acceptors (Lipinski definition) is 3. The zero-order valence-corrected chi connectivity index (χ0v) is 10.0. The number of benzene rings is 1. The van der Waals surface area contributed by atoms with E-state index < -0.39 is 24.3 Å². The molecule has 1 aromatic rings. The van der Waals surface area contributed by atoms with Crippen molar-refractivity contribution in [2.75, 3.05) is 11.9 Å². The van der Waals surface area contributed by atoms with Crippen LogP contribution >= 0.6 is 0 Å². The number of carboxylic acid groups (broad SMARTS) is 1. The molecule has 19 heavy (non-hydrogen) atoms. The Kier molecular flexibility index (Phi) is 4.52. The van der Waals surface area contributed by atoms with Gasteiger partial charge in [0.1, 0.15) is 12.3 Å². The normalized spacial score (nSPS) is 11.2. The molecule has 1 rings (SSSR count). The Hall–Kier alpha value is -2.05. The van der Waals surface area contributed by atoms with E-state index in [1.807, 2.05) is 0 Å². The number of carboxylic acids is 1. The van der Waals surface area contributed by atoms with Gasteiger partial charge in [-0.1, -0.05) is 6.07 Å². The van der Waals surface area contributed by atoms with Crippen molar-refractivity contribution in [3.8, 4) is 0 Å². The molecule has 0 radical (unpaired) electrons. The fourth-order valence-corrected chi connectivity index (χ4v) is 1.51. The summed E-state index contributed by atoms with van der Waals surface area (Å²) in [5.74, 6) is -1.43. The number of hydrogen-bond donors (Lipinski definition) is 2. The molecule has 0 fully saturated rings. The van der Waals surface area contributed by atoms with E-state index in [1.54, 1.807) is 0 Å². The third kappa shape index (κ3) is 4.61. The Morgan fingerprint density at radius 2 is 1.95 bits per heavy atom. The van der Waals surface area contributed by atoms with Crippen LogP contribution in [0.1, 0.15) is 18.1 Å². The minimum atomic E-state index is -4.52. The molecule has 0 bridgehead atoms. The lowest BCUT2D eigenvalue weighted by atomic mass is 10.0. The monoisotopic (exact) mass is 275 g/mol. The Morgan fingerprint density at radius 3 is 2.42 bits per heavy atom. The number of Topliss-reactive ketones (excluding diaryl/α,β-unsaturated/α-hetero) is 1. The largest absolute Gasteiger partial charge is 0.480 e. The lowest BCUT2D eigenvalue weighted by Crippen LogP contribution is -2.15. The third-order valence-electron chi connectivity index (χ3n) is 2.31. The number of anilines is 1. The van der Waals surface area contributed by atoms with Gasteiger partial charge < -0.3 is 10.4 Å². The molecular formula is C12H12F3NO3. The topological polar surface area (TPSA) is 66.4 Å². The van der Waals surface area contributed by atoms with Gasteiger partial charge in [-0.2, -0.15) is 13.2 Å². The van der Waals surface area contributed by atoms with Gasteiger partial charge in [-0.3, -0.25) is 9.59 Å². The molecule has 1 aromatic carbocycles. The average molecular weight is 275 g/mol. The second kappa shape index (κ2) is 5.73. The fraction of sp³-hybridized carbons (Fsp3) is 0.333. The highest BCUT2D eigenvalue weighted by molar-refractivity contribution is 5.81. The maximum absolute atomic E-state index is 12.5. The van der Waals surface area contributed by atoms with Crippen LogP contribution in [-0.2, 0) is 22.2 Å². The molecule has 0 amide bonds. The number of alkyl halides is 3. The highest BCUT2D eigenvalue weighted by atomic mass is 19.4. The number of nitrogens with one attached hydrogen (secondary N) is 1. The molecule has 0 saturated heterocycles. The zero-order valence-electron chi connectivity index (χ0n) is 10.0. The van der Waals surface area contributed by atoms with E-state index in [4.69, 9.17) is 5.11 Å². The van der Waals surface area contributed by atoms with Gasteiger partial charge in [-0.05, 0) is 24.6 Å². The van der Waals surface area contributed by atoms with Crippen LogP contribution < -0.4 is 5.32 Å². The maximum atomic E-state index is 12.5. The molecule has 7 heteroatoms. The SMILES string of the molecule is CC(=O)Cc1ccc(C(F)(F)F)cc1NCC(=O)O. The van der Waals surface area contributed by atoms with Crippen LogP contribution in [0.25, 0.3) is 0 Å². The minimum Gasteiger partial charge on any atom is -0.480 e. The van der Waals surface area contributed by atoms with Crippen LogP contribution in [0.2, 0.25) is 0 Å². The van der Waals surface area contributed by atoms with Crippen molar-refractivity contribution in [3.63, 3.8) is 0 Å². The highest BCUT2D eigenvalue weighted by Gasteiger charge is 2.31. The quantitative estimate of drug-likeness (QED) is 0.865. The third-order valence-corrected chi connectivity index (χ3v) is 2.31. The van der Waals surface area contributed by atoms with Crippen LogP contribution in [-0.4, -0.2) is 23.4 Å². The lowest BCUT2D eigenvalue weighted by molar-refractivity contribution is -0.137. The van der Waals surface area contributed by atoms with Crippen LogP contribution in [0.5, 0.6) is 0 Å². The standard InChI is InChI=1S/C12H12F3NO3/c1-7(17)4-8-2-3-9(12(13,14)15)5-10(8)16-6-11(18)19/h2-3,5,16H,4,6H2,1H3,(H,18,19). The number of carbonyl (C=O) groups excluding carboxylic acids is 1. The molecule has 0 aromatic heterocycles. The first-order valence-electron chi connectivity index (χ1n) is 5.35. The summed E-state index contributed by atoms with van der Waals surface area (Å²) in [5.41, 5.74) is -0.554. The molecular weight excluding hydrogens is 263 g/mol. The summed E-state index contributed by atoms with van der Waals surface area (Å²) in [4.78, 5) is 21.5. The minimum absolute atomic E-state index is 0.00688. The van der Waals surface area contributed by atoms with E-state index >= 15 is 0 Å². The van der Waals surface area contributed by atoms with E-state index in [0.29, 0.717) is 5.56 Å². The second-order valence-corrected chi connectivity index (χ2v) is 4.00. The Labute approximate surface area is 107 Å². The van der Waals surface area contributed by atoms with Crippen molar-refractivity contribution in [1.82, 2.24) is 0 Å². The summed E-state index contributed by atoms with van der Waals surface area (Å²) >= 11 is 0. The number of rotatable bonds is 5. The van der Waals surface area contributed by atoms with Gasteiger partial charge in [-0.15, -0.1) is 0 Å². The van der Waals surface area contributed by atoms with Crippen LogP contribution in [0, 0.1) is 0 Å². The van der Waals surface area contributed by atoms with Crippen molar-refractivity contribution in [1.29, 1.82) is 0 Å². The number of aliphatic carboxylic acids is 1. The van der Waals surface area contributed by atoms with E-state index in [-0.39, 0.29) is 17.9 Å². The van der Waals surface area contributed by atoms with Crippen molar-refractivity contribution in [3.05, 3.63) is 29.3 Å². The number of ketones is 1. The van der Waals surface area contributed by atoms with Crippen molar-refractivity contribution < 1.29 is 27.9 Å². The van der Waals surface area contributed by atoms with Gasteiger partial charge in [0.2, 0.25) is 0 Å². The van der Waals surface area contributed by atoms with Gasteiger partial charge in [0.05, 0.1) is 5.56 Å². The van der Waals surface area contributed by atoms with E-state index in [1.165, 1.54) is 13.0 Å². The van der Waals surface area contributed by atoms with Gasteiger partial charge in [0, 0.05) is 12.1 Å². The Bertz CT molecular complexity index is 497.